The smallest absolute Gasteiger partial charge is 0.243 e. The molecule has 0 aromatic heterocycles. The van der Waals surface area contributed by atoms with Gasteiger partial charge in [0.25, 0.3) is 0 Å². The topological polar surface area (TPSA) is 66.5 Å². The molecule has 26 heavy (non-hydrogen) atoms. The van der Waals surface area contributed by atoms with Crippen LogP contribution in [0, 0.1) is 13.8 Å². The van der Waals surface area contributed by atoms with E-state index in [1.807, 2.05) is 31.2 Å². The third kappa shape index (κ3) is 4.99. The first-order valence-corrected chi connectivity index (χ1v) is 10.4. The summed E-state index contributed by atoms with van der Waals surface area (Å²) in [5.74, 6) is -0.378. The Labute approximate surface area is 160 Å². The number of aryl methyl sites for hydroxylation is 2. The zero-order valence-electron chi connectivity index (χ0n) is 15.3. The molecule has 0 spiro atoms. The predicted octanol–water partition coefficient (Wildman–Crippen LogP) is 3.43. The molecule has 0 fully saturated rings. The molecule has 7 heteroatoms. The van der Waals surface area contributed by atoms with E-state index in [4.69, 9.17) is 11.6 Å². The largest absolute Gasteiger partial charge is 0.350 e. The molecule has 1 unspecified atom stereocenters. The van der Waals surface area contributed by atoms with Crippen LogP contribution in [-0.4, -0.2) is 26.6 Å². The molecule has 1 N–H and O–H groups in total. The van der Waals surface area contributed by atoms with Crippen molar-refractivity contribution in [2.75, 3.05) is 10.6 Å². The lowest BCUT2D eigenvalue weighted by molar-refractivity contribution is -0.122. The molecule has 0 aliphatic heterocycles. The van der Waals surface area contributed by atoms with Crippen LogP contribution in [0.4, 0.5) is 5.69 Å². The SMILES string of the molecule is Cc1cccc(CNC(=O)C(C)N(c2cc(Cl)ccc2C)S(C)(=O)=O)c1. The number of halogens is 1. The van der Waals surface area contributed by atoms with Crippen molar-refractivity contribution < 1.29 is 13.2 Å². The first-order valence-electron chi connectivity index (χ1n) is 8.18. The van der Waals surface area contributed by atoms with Gasteiger partial charge in [-0.05, 0) is 44.0 Å². The predicted molar refractivity (Wildman–Crippen MR) is 106 cm³/mol. The normalized spacial score (nSPS) is 12.5. The second kappa shape index (κ2) is 8.10. The number of amides is 1. The van der Waals surface area contributed by atoms with Gasteiger partial charge in [0.15, 0.2) is 0 Å². The van der Waals surface area contributed by atoms with Crippen molar-refractivity contribution in [2.24, 2.45) is 0 Å². The zero-order chi connectivity index (χ0) is 19.5. The number of anilines is 1. The minimum atomic E-state index is -3.68. The Morgan fingerprint density at radius 3 is 2.50 bits per heavy atom. The van der Waals surface area contributed by atoms with Crippen LogP contribution in [0.2, 0.25) is 5.02 Å². The van der Waals surface area contributed by atoms with E-state index in [-0.39, 0.29) is 5.91 Å². The molecule has 0 saturated heterocycles. The zero-order valence-corrected chi connectivity index (χ0v) is 16.9. The van der Waals surface area contributed by atoms with Crippen LogP contribution in [0.5, 0.6) is 0 Å². The number of hydrogen-bond donors (Lipinski definition) is 1. The molecule has 5 nitrogen and oxygen atoms in total. The molecule has 0 saturated carbocycles. The van der Waals surface area contributed by atoms with Crippen LogP contribution in [0.1, 0.15) is 23.6 Å². The number of hydrogen-bond acceptors (Lipinski definition) is 3. The van der Waals surface area contributed by atoms with E-state index in [0.29, 0.717) is 17.3 Å². The monoisotopic (exact) mass is 394 g/mol. The molecule has 2 aromatic rings. The lowest BCUT2D eigenvalue weighted by atomic mass is 10.1. The van der Waals surface area contributed by atoms with Crippen LogP contribution in [0.3, 0.4) is 0 Å². The van der Waals surface area contributed by atoms with Gasteiger partial charge in [-0.15, -0.1) is 0 Å². The van der Waals surface area contributed by atoms with Gasteiger partial charge in [0.1, 0.15) is 6.04 Å². The average molecular weight is 395 g/mol. The van der Waals surface area contributed by atoms with Crippen molar-refractivity contribution in [1.82, 2.24) is 5.32 Å². The summed E-state index contributed by atoms with van der Waals surface area (Å²) in [6, 6.07) is 11.8. The average Bonchev–Trinajstić information content (AvgIpc) is 2.54. The minimum Gasteiger partial charge on any atom is -0.350 e. The number of nitrogens with one attached hydrogen (secondary N) is 1. The summed E-state index contributed by atoms with van der Waals surface area (Å²) in [6.45, 7) is 5.65. The van der Waals surface area contributed by atoms with Crippen LogP contribution in [0.15, 0.2) is 42.5 Å². The van der Waals surface area contributed by atoms with Gasteiger partial charge in [0, 0.05) is 11.6 Å². The lowest BCUT2D eigenvalue weighted by Gasteiger charge is -2.29. The highest BCUT2D eigenvalue weighted by molar-refractivity contribution is 7.92. The number of carbonyl (C=O) groups excluding carboxylic acids is 1. The molecule has 2 aromatic carbocycles. The van der Waals surface area contributed by atoms with Crippen LogP contribution in [-0.2, 0) is 21.4 Å². The second-order valence-electron chi connectivity index (χ2n) is 6.37. The van der Waals surface area contributed by atoms with Crippen molar-refractivity contribution in [2.45, 2.75) is 33.4 Å². The first kappa shape index (κ1) is 20.3. The molecule has 1 atom stereocenters. The molecule has 0 aliphatic carbocycles. The Balaban J connectivity index is 2.25. The Morgan fingerprint density at radius 1 is 1.19 bits per heavy atom. The Hall–Kier alpha value is -2.05. The fourth-order valence-electron chi connectivity index (χ4n) is 2.76. The van der Waals surface area contributed by atoms with Gasteiger partial charge in [-0.25, -0.2) is 8.42 Å². The molecule has 0 aliphatic rings. The lowest BCUT2D eigenvalue weighted by Crippen LogP contribution is -2.48. The summed E-state index contributed by atoms with van der Waals surface area (Å²) in [6.07, 6.45) is 1.08. The van der Waals surface area contributed by atoms with Crippen molar-refractivity contribution in [1.29, 1.82) is 0 Å². The Morgan fingerprint density at radius 2 is 1.88 bits per heavy atom. The van der Waals surface area contributed by atoms with E-state index in [2.05, 4.69) is 5.32 Å². The summed E-state index contributed by atoms with van der Waals surface area (Å²) in [5.41, 5.74) is 3.17. The van der Waals surface area contributed by atoms with Gasteiger partial charge in [0.2, 0.25) is 15.9 Å². The highest BCUT2D eigenvalue weighted by atomic mass is 35.5. The van der Waals surface area contributed by atoms with Gasteiger partial charge >= 0.3 is 0 Å². The number of sulfonamides is 1. The molecule has 0 heterocycles. The van der Waals surface area contributed by atoms with E-state index in [0.717, 1.165) is 27.3 Å². The van der Waals surface area contributed by atoms with Gasteiger partial charge in [-0.3, -0.25) is 9.10 Å². The Bertz CT molecular complexity index is 913. The number of nitrogens with zero attached hydrogens (tertiary/aromatic N) is 1. The van der Waals surface area contributed by atoms with Crippen molar-refractivity contribution in [3.05, 3.63) is 64.2 Å². The third-order valence-electron chi connectivity index (χ3n) is 4.05. The van der Waals surface area contributed by atoms with Crippen LogP contribution in [0.25, 0.3) is 0 Å². The molecule has 0 bridgehead atoms. The summed E-state index contributed by atoms with van der Waals surface area (Å²) < 4.78 is 25.8. The summed E-state index contributed by atoms with van der Waals surface area (Å²) >= 11 is 6.03. The fraction of sp³-hybridized carbons (Fsp3) is 0.316. The first-order chi connectivity index (χ1) is 12.1. The molecule has 2 rings (SSSR count). The van der Waals surface area contributed by atoms with Gasteiger partial charge < -0.3 is 5.32 Å². The van der Waals surface area contributed by atoms with Gasteiger partial charge in [-0.1, -0.05) is 47.5 Å². The van der Waals surface area contributed by atoms with E-state index in [1.165, 1.54) is 0 Å². The van der Waals surface area contributed by atoms with Crippen LogP contribution < -0.4 is 9.62 Å². The number of benzene rings is 2. The summed E-state index contributed by atoms with van der Waals surface area (Å²) in [7, 11) is -3.68. The maximum absolute atomic E-state index is 12.6. The van der Waals surface area contributed by atoms with Crippen molar-refractivity contribution >= 4 is 33.2 Å². The quantitative estimate of drug-likeness (QED) is 0.816. The fourth-order valence-corrected chi connectivity index (χ4v) is 4.15. The third-order valence-corrected chi connectivity index (χ3v) is 5.51. The highest BCUT2D eigenvalue weighted by Gasteiger charge is 2.30. The van der Waals surface area contributed by atoms with Gasteiger partial charge in [0.05, 0.1) is 11.9 Å². The van der Waals surface area contributed by atoms with E-state index >= 15 is 0 Å². The van der Waals surface area contributed by atoms with Crippen LogP contribution >= 0.6 is 11.6 Å². The summed E-state index contributed by atoms with van der Waals surface area (Å²) in [4.78, 5) is 12.6. The van der Waals surface area contributed by atoms with Crippen molar-refractivity contribution in [3.63, 3.8) is 0 Å². The molecular weight excluding hydrogens is 372 g/mol. The highest BCUT2D eigenvalue weighted by Crippen LogP contribution is 2.28. The van der Waals surface area contributed by atoms with E-state index in [9.17, 15) is 13.2 Å². The Kier molecular flexibility index (Phi) is 6.31. The maximum Gasteiger partial charge on any atom is 0.243 e. The van der Waals surface area contributed by atoms with Crippen molar-refractivity contribution in [3.8, 4) is 0 Å². The van der Waals surface area contributed by atoms with E-state index < -0.39 is 16.1 Å². The summed E-state index contributed by atoms with van der Waals surface area (Å²) in [5, 5.41) is 3.21. The minimum absolute atomic E-state index is 0.330. The molecular formula is C19H23ClN2O3S. The van der Waals surface area contributed by atoms with Gasteiger partial charge in [-0.2, -0.15) is 0 Å². The second-order valence-corrected chi connectivity index (χ2v) is 8.67. The van der Waals surface area contributed by atoms with E-state index in [1.54, 1.807) is 32.0 Å². The molecule has 0 radical (unpaired) electrons. The number of carbonyl (C=O) groups is 1. The standard InChI is InChI=1S/C19H23ClN2O3S/c1-13-6-5-7-16(10-13)12-21-19(23)15(3)22(26(4,24)25)18-11-17(20)9-8-14(18)2/h5-11,15H,12H2,1-4H3,(H,21,23). The molecule has 140 valence electrons. The molecule has 1 amide bonds. The maximum atomic E-state index is 12.6. The number of rotatable bonds is 6.